The van der Waals surface area contributed by atoms with Gasteiger partial charge in [0.05, 0.1) is 0 Å². The zero-order valence-electron chi connectivity index (χ0n) is 12.4. The zero-order chi connectivity index (χ0) is 15.5. The summed E-state index contributed by atoms with van der Waals surface area (Å²) in [7, 11) is 0. The van der Waals surface area contributed by atoms with Gasteiger partial charge in [-0.15, -0.1) is 10.2 Å². The van der Waals surface area contributed by atoms with Crippen LogP contribution in [0.15, 0.2) is 28.7 Å². The number of hydrogen-bond acceptors (Lipinski definition) is 4. The highest BCUT2D eigenvalue weighted by Crippen LogP contribution is 2.18. The molecule has 3 rings (SSSR count). The van der Waals surface area contributed by atoms with Crippen LogP contribution >= 0.6 is 15.9 Å². The summed E-state index contributed by atoms with van der Waals surface area (Å²) in [4.78, 5) is 15.6. The maximum atomic E-state index is 12.3. The molecule has 1 aromatic heterocycles. The average Bonchev–Trinajstić information content (AvgIpc) is 2.96. The SMILES string of the molecule is C[C@@H]1CCCN(C(=O)Cn2nnc(-c3ccc(Br)cc3)n2)C1. The average molecular weight is 364 g/mol. The van der Waals surface area contributed by atoms with E-state index >= 15 is 0 Å². The molecule has 1 amide bonds. The number of hydrogen-bond donors (Lipinski definition) is 0. The molecule has 0 aliphatic carbocycles. The number of aromatic nitrogens is 4. The number of tetrazole rings is 1. The number of carbonyl (C=O) groups excluding carboxylic acids is 1. The molecule has 116 valence electrons. The lowest BCUT2D eigenvalue weighted by Gasteiger charge is -2.30. The quantitative estimate of drug-likeness (QED) is 0.839. The summed E-state index contributed by atoms with van der Waals surface area (Å²) in [6.07, 6.45) is 2.26. The van der Waals surface area contributed by atoms with Crippen LogP contribution < -0.4 is 0 Å². The standard InChI is InChI=1S/C15H18BrN5O/c1-11-3-2-8-20(9-11)14(22)10-21-18-15(17-19-21)12-4-6-13(16)7-5-12/h4-7,11H,2-3,8-10H2,1H3/t11-/m1/s1. The van der Waals surface area contributed by atoms with Crippen molar-refractivity contribution in [2.24, 2.45) is 5.92 Å². The van der Waals surface area contributed by atoms with Gasteiger partial charge in [0, 0.05) is 23.1 Å². The zero-order valence-corrected chi connectivity index (χ0v) is 14.0. The Hall–Kier alpha value is -1.76. The van der Waals surface area contributed by atoms with Gasteiger partial charge in [-0.1, -0.05) is 22.9 Å². The molecule has 2 heterocycles. The molecule has 0 saturated carbocycles. The number of rotatable bonds is 3. The van der Waals surface area contributed by atoms with Crippen molar-refractivity contribution in [2.75, 3.05) is 13.1 Å². The van der Waals surface area contributed by atoms with Crippen LogP contribution in [0.2, 0.25) is 0 Å². The minimum absolute atomic E-state index is 0.0614. The minimum Gasteiger partial charge on any atom is -0.341 e. The Kier molecular flexibility index (Phi) is 4.52. The molecule has 1 aromatic carbocycles. The number of carbonyl (C=O) groups is 1. The van der Waals surface area contributed by atoms with Crippen LogP contribution in [0.5, 0.6) is 0 Å². The normalized spacial score (nSPS) is 18.5. The van der Waals surface area contributed by atoms with Crippen molar-refractivity contribution in [2.45, 2.75) is 26.3 Å². The summed E-state index contributed by atoms with van der Waals surface area (Å²) in [6.45, 7) is 3.99. The molecule has 1 aliphatic heterocycles. The van der Waals surface area contributed by atoms with E-state index in [0.29, 0.717) is 11.7 Å². The number of amides is 1. The van der Waals surface area contributed by atoms with Gasteiger partial charge < -0.3 is 4.90 Å². The highest BCUT2D eigenvalue weighted by molar-refractivity contribution is 9.10. The van der Waals surface area contributed by atoms with Crippen molar-refractivity contribution in [1.29, 1.82) is 0 Å². The number of benzene rings is 1. The number of halogens is 1. The van der Waals surface area contributed by atoms with E-state index in [1.165, 1.54) is 11.2 Å². The summed E-state index contributed by atoms with van der Waals surface area (Å²) >= 11 is 3.39. The third-order valence-electron chi connectivity index (χ3n) is 3.84. The highest BCUT2D eigenvalue weighted by atomic mass is 79.9. The number of likely N-dealkylation sites (tertiary alicyclic amines) is 1. The van der Waals surface area contributed by atoms with E-state index in [4.69, 9.17) is 0 Å². The maximum Gasteiger partial charge on any atom is 0.246 e. The van der Waals surface area contributed by atoms with Crippen molar-refractivity contribution in [3.63, 3.8) is 0 Å². The molecule has 1 atom stereocenters. The molecule has 0 bridgehead atoms. The van der Waals surface area contributed by atoms with Gasteiger partial charge in [-0.25, -0.2) is 0 Å². The van der Waals surface area contributed by atoms with E-state index in [1.807, 2.05) is 29.2 Å². The largest absolute Gasteiger partial charge is 0.341 e. The van der Waals surface area contributed by atoms with Crippen LogP contribution in [0, 0.1) is 5.92 Å². The Morgan fingerprint density at radius 1 is 1.36 bits per heavy atom. The van der Waals surface area contributed by atoms with E-state index in [2.05, 4.69) is 38.3 Å². The Balaban J connectivity index is 1.66. The summed E-state index contributed by atoms with van der Waals surface area (Å²) in [6, 6.07) is 7.69. The van der Waals surface area contributed by atoms with Gasteiger partial charge >= 0.3 is 0 Å². The van der Waals surface area contributed by atoms with Gasteiger partial charge in [-0.05, 0) is 48.2 Å². The second-order valence-corrected chi connectivity index (χ2v) is 6.65. The Labute approximate surface area is 137 Å². The Morgan fingerprint density at radius 2 is 2.14 bits per heavy atom. The molecule has 1 saturated heterocycles. The van der Waals surface area contributed by atoms with Crippen LogP contribution in [0.1, 0.15) is 19.8 Å². The van der Waals surface area contributed by atoms with Crippen LogP contribution in [0.25, 0.3) is 11.4 Å². The highest BCUT2D eigenvalue weighted by Gasteiger charge is 2.21. The first-order valence-corrected chi connectivity index (χ1v) is 8.22. The molecule has 0 radical (unpaired) electrons. The molecule has 1 aliphatic rings. The van der Waals surface area contributed by atoms with Gasteiger partial charge in [0.2, 0.25) is 11.7 Å². The van der Waals surface area contributed by atoms with Crippen LogP contribution in [-0.4, -0.2) is 44.1 Å². The first-order valence-electron chi connectivity index (χ1n) is 7.43. The van der Waals surface area contributed by atoms with Crippen molar-refractivity contribution in [3.05, 3.63) is 28.7 Å². The fraction of sp³-hybridized carbons (Fsp3) is 0.467. The summed E-state index contributed by atoms with van der Waals surface area (Å²) in [5, 5.41) is 12.3. The summed E-state index contributed by atoms with van der Waals surface area (Å²) in [5.41, 5.74) is 0.883. The predicted molar refractivity (Wildman–Crippen MR) is 85.9 cm³/mol. The predicted octanol–water partition coefficient (Wildman–Crippen LogP) is 2.36. The molecule has 0 spiro atoms. The Morgan fingerprint density at radius 3 is 2.86 bits per heavy atom. The first-order chi connectivity index (χ1) is 10.6. The molecular formula is C15H18BrN5O. The molecule has 0 N–H and O–H groups in total. The molecule has 2 aromatic rings. The third-order valence-corrected chi connectivity index (χ3v) is 4.37. The van der Waals surface area contributed by atoms with Gasteiger partial charge in [-0.2, -0.15) is 4.80 Å². The monoisotopic (exact) mass is 363 g/mol. The van der Waals surface area contributed by atoms with E-state index in [-0.39, 0.29) is 12.5 Å². The van der Waals surface area contributed by atoms with Gasteiger partial charge in [0.1, 0.15) is 6.54 Å². The van der Waals surface area contributed by atoms with E-state index < -0.39 is 0 Å². The van der Waals surface area contributed by atoms with Crippen molar-refractivity contribution in [3.8, 4) is 11.4 Å². The minimum atomic E-state index is 0.0614. The lowest BCUT2D eigenvalue weighted by molar-refractivity contribution is -0.134. The van der Waals surface area contributed by atoms with Crippen LogP contribution in [-0.2, 0) is 11.3 Å². The van der Waals surface area contributed by atoms with Crippen LogP contribution in [0.4, 0.5) is 0 Å². The number of nitrogens with zero attached hydrogens (tertiary/aromatic N) is 5. The lowest BCUT2D eigenvalue weighted by Crippen LogP contribution is -2.41. The molecule has 7 heteroatoms. The van der Waals surface area contributed by atoms with E-state index in [1.54, 1.807) is 0 Å². The topological polar surface area (TPSA) is 63.9 Å². The van der Waals surface area contributed by atoms with Gasteiger partial charge in [0.25, 0.3) is 0 Å². The van der Waals surface area contributed by atoms with Gasteiger partial charge in [0.15, 0.2) is 0 Å². The second kappa shape index (κ2) is 6.56. The molecule has 6 nitrogen and oxygen atoms in total. The summed E-state index contributed by atoms with van der Waals surface area (Å²) in [5.74, 6) is 1.17. The van der Waals surface area contributed by atoms with Crippen molar-refractivity contribution in [1.82, 2.24) is 25.1 Å². The van der Waals surface area contributed by atoms with Crippen molar-refractivity contribution < 1.29 is 4.79 Å². The number of piperidine rings is 1. The van der Waals surface area contributed by atoms with Crippen LogP contribution in [0.3, 0.4) is 0 Å². The van der Waals surface area contributed by atoms with Crippen molar-refractivity contribution >= 4 is 21.8 Å². The first kappa shape index (κ1) is 15.1. The smallest absolute Gasteiger partial charge is 0.246 e. The maximum absolute atomic E-state index is 12.3. The Bertz CT molecular complexity index is 654. The molecule has 1 fully saturated rings. The molecule has 0 unspecified atom stereocenters. The lowest BCUT2D eigenvalue weighted by atomic mass is 10.0. The molecular weight excluding hydrogens is 346 g/mol. The summed E-state index contributed by atoms with van der Waals surface area (Å²) < 4.78 is 0.998. The van der Waals surface area contributed by atoms with E-state index in [0.717, 1.165) is 29.5 Å². The van der Waals surface area contributed by atoms with E-state index in [9.17, 15) is 4.79 Å². The fourth-order valence-corrected chi connectivity index (χ4v) is 2.93. The second-order valence-electron chi connectivity index (χ2n) is 5.74. The third kappa shape index (κ3) is 3.52. The molecule has 22 heavy (non-hydrogen) atoms. The van der Waals surface area contributed by atoms with Gasteiger partial charge in [-0.3, -0.25) is 4.79 Å². The fourth-order valence-electron chi connectivity index (χ4n) is 2.66.